The van der Waals surface area contributed by atoms with Gasteiger partial charge in [-0.05, 0) is 12.1 Å². The zero-order valence-corrected chi connectivity index (χ0v) is 9.34. The Morgan fingerprint density at radius 1 is 1.62 bits per heavy atom. The third kappa shape index (κ3) is 2.59. The molecule has 0 radical (unpaired) electrons. The van der Waals surface area contributed by atoms with Gasteiger partial charge in [-0.25, -0.2) is 4.79 Å². The van der Waals surface area contributed by atoms with E-state index in [0.29, 0.717) is 24.4 Å². The first-order valence-electron chi connectivity index (χ1n) is 4.97. The molecule has 2 rings (SSSR count). The number of hydrogen-bond donors (Lipinski definition) is 3. The van der Waals surface area contributed by atoms with Gasteiger partial charge in [0.15, 0.2) is 0 Å². The third-order valence-corrected chi connectivity index (χ3v) is 3.49. The van der Waals surface area contributed by atoms with Crippen LogP contribution in [0.2, 0.25) is 0 Å². The molecule has 0 spiro atoms. The second kappa shape index (κ2) is 4.63. The van der Waals surface area contributed by atoms with Crippen LogP contribution in [-0.4, -0.2) is 29.6 Å². The summed E-state index contributed by atoms with van der Waals surface area (Å²) in [5, 5.41) is 14.7. The monoisotopic (exact) mass is 240 g/mol. The number of carboxylic acids is 1. The molecule has 1 saturated heterocycles. The lowest BCUT2D eigenvalue weighted by Gasteiger charge is -2.08. The van der Waals surface area contributed by atoms with Crippen molar-refractivity contribution in [1.82, 2.24) is 10.6 Å². The van der Waals surface area contributed by atoms with E-state index in [2.05, 4.69) is 10.6 Å². The van der Waals surface area contributed by atoms with E-state index in [1.807, 2.05) is 0 Å². The third-order valence-electron chi connectivity index (χ3n) is 2.41. The highest BCUT2D eigenvalue weighted by atomic mass is 32.1. The van der Waals surface area contributed by atoms with E-state index < -0.39 is 5.97 Å². The lowest BCUT2D eigenvalue weighted by atomic mass is 10.2. The number of carbonyl (C=O) groups is 2. The summed E-state index contributed by atoms with van der Waals surface area (Å²) >= 11 is 1.26. The molecule has 0 aliphatic carbocycles. The van der Waals surface area contributed by atoms with Crippen molar-refractivity contribution in [3.63, 3.8) is 0 Å². The highest BCUT2D eigenvalue weighted by Crippen LogP contribution is 2.16. The SMILES string of the molecule is O=C1CC(NCc2ccc(C(=O)O)s2)CN1. The summed E-state index contributed by atoms with van der Waals surface area (Å²) < 4.78 is 0. The molecule has 1 fully saturated rings. The number of aromatic carboxylic acids is 1. The van der Waals surface area contributed by atoms with Gasteiger partial charge in [-0.1, -0.05) is 0 Å². The Balaban J connectivity index is 1.85. The maximum Gasteiger partial charge on any atom is 0.345 e. The van der Waals surface area contributed by atoms with E-state index in [1.165, 1.54) is 11.3 Å². The van der Waals surface area contributed by atoms with E-state index in [0.717, 1.165) is 4.88 Å². The van der Waals surface area contributed by atoms with Crippen LogP contribution in [-0.2, 0) is 11.3 Å². The molecule has 0 bridgehead atoms. The van der Waals surface area contributed by atoms with Crippen molar-refractivity contribution in [3.8, 4) is 0 Å². The number of carbonyl (C=O) groups excluding carboxylic acids is 1. The Hall–Kier alpha value is -1.40. The van der Waals surface area contributed by atoms with Crippen molar-refractivity contribution in [2.24, 2.45) is 0 Å². The van der Waals surface area contributed by atoms with Gasteiger partial charge in [-0.15, -0.1) is 11.3 Å². The fourth-order valence-electron chi connectivity index (χ4n) is 1.58. The Morgan fingerprint density at radius 2 is 2.44 bits per heavy atom. The molecule has 1 aliphatic heterocycles. The highest BCUT2D eigenvalue weighted by molar-refractivity contribution is 7.13. The number of hydrogen-bond acceptors (Lipinski definition) is 4. The zero-order valence-electron chi connectivity index (χ0n) is 8.53. The van der Waals surface area contributed by atoms with E-state index in [4.69, 9.17) is 5.11 Å². The molecule has 0 aromatic carbocycles. The lowest BCUT2D eigenvalue weighted by molar-refractivity contribution is -0.119. The zero-order chi connectivity index (χ0) is 11.5. The largest absolute Gasteiger partial charge is 0.477 e. The second-order valence-corrected chi connectivity index (χ2v) is 4.83. The summed E-state index contributed by atoms with van der Waals surface area (Å²) in [4.78, 5) is 22.9. The number of carboxylic acid groups (broad SMARTS) is 1. The van der Waals surface area contributed by atoms with Gasteiger partial charge in [0.25, 0.3) is 0 Å². The lowest BCUT2D eigenvalue weighted by Crippen LogP contribution is -2.30. The van der Waals surface area contributed by atoms with E-state index >= 15 is 0 Å². The molecule has 1 aromatic heterocycles. The molecule has 5 nitrogen and oxygen atoms in total. The fourth-order valence-corrected chi connectivity index (χ4v) is 2.38. The molecule has 3 N–H and O–H groups in total. The van der Waals surface area contributed by atoms with Crippen molar-refractivity contribution in [1.29, 1.82) is 0 Å². The maximum absolute atomic E-state index is 10.9. The van der Waals surface area contributed by atoms with Crippen LogP contribution in [0.15, 0.2) is 12.1 Å². The molecular formula is C10H12N2O3S. The van der Waals surface area contributed by atoms with E-state index in [-0.39, 0.29) is 11.9 Å². The van der Waals surface area contributed by atoms with Gasteiger partial charge in [0, 0.05) is 30.4 Å². The molecule has 1 aliphatic rings. The standard InChI is InChI=1S/C10H12N2O3S/c13-9-3-6(4-12-9)11-5-7-1-2-8(16-7)10(14)15/h1-2,6,11H,3-5H2,(H,12,13)(H,14,15). The second-order valence-electron chi connectivity index (χ2n) is 3.66. The fraction of sp³-hybridized carbons (Fsp3) is 0.400. The minimum absolute atomic E-state index is 0.0647. The van der Waals surface area contributed by atoms with Gasteiger partial charge in [-0.2, -0.15) is 0 Å². The first-order valence-corrected chi connectivity index (χ1v) is 5.79. The van der Waals surface area contributed by atoms with Crippen molar-refractivity contribution >= 4 is 23.2 Å². The topological polar surface area (TPSA) is 78.4 Å². The summed E-state index contributed by atoms with van der Waals surface area (Å²) in [6.07, 6.45) is 0.497. The molecular weight excluding hydrogens is 228 g/mol. The van der Waals surface area contributed by atoms with Gasteiger partial charge in [0.1, 0.15) is 4.88 Å². The van der Waals surface area contributed by atoms with Crippen molar-refractivity contribution < 1.29 is 14.7 Å². The van der Waals surface area contributed by atoms with Crippen LogP contribution in [0.1, 0.15) is 21.0 Å². The molecule has 2 heterocycles. The molecule has 1 amide bonds. The van der Waals surface area contributed by atoms with Gasteiger partial charge in [0.05, 0.1) is 0 Å². The average molecular weight is 240 g/mol. The predicted molar refractivity (Wildman–Crippen MR) is 59.5 cm³/mol. The van der Waals surface area contributed by atoms with Gasteiger partial charge >= 0.3 is 5.97 Å². The number of rotatable bonds is 4. The van der Waals surface area contributed by atoms with Crippen LogP contribution >= 0.6 is 11.3 Å². The summed E-state index contributed by atoms with van der Waals surface area (Å²) in [6, 6.07) is 3.55. The highest BCUT2D eigenvalue weighted by Gasteiger charge is 2.20. The molecule has 6 heteroatoms. The molecule has 1 atom stereocenters. The summed E-state index contributed by atoms with van der Waals surface area (Å²) in [6.45, 7) is 1.26. The number of thiophene rings is 1. The van der Waals surface area contributed by atoms with Crippen molar-refractivity contribution in [2.75, 3.05) is 6.54 Å². The first-order chi connectivity index (χ1) is 7.65. The number of nitrogens with one attached hydrogen (secondary N) is 2. The smallest absolute Gasteiger partial charge is 0.345 e. The predicted octanol–water partition coefficient (Wildman–Crippen LogP) is 0.424. The van der Waals surface area contributed by atoms with Crippen molar-refractivity contribution in [3.05, 3.63) is 21.9 Å². The van der Waals surface area contributed by atoms with Gasteiger partial charge in [-0.3, -0.25) is 4.79 Å². The Kier molecular flexibility index (Phi) is 3.21. The van der Waals surface area contributed by atoms with Crippen LogP contribution in [0.3, 0.4) is 0 Å². The normalized spacial score (nSPS) is 19.8. The average Bonchev–Trinajstić information content (AvgIpc) is 2.83. The molecule has 1 unspecified atom stereocenters. The molecule has 86 valence electrons. The van der Waals surface area contributed by atoms with E-state index in [1.54, 1.807) is 12.1 Å². The molecule has 0 saturated carbocycles. The Morgan fingerprint density at radius 3 is 3.00 bits per heavy atom. The van der Waals surface area contributed by atoms with Crippen LogP contribution in [0.25, 0.3) is 0 Å². The van der Waals surface area contributed by atoms with Crippen LogP contribution in [0.5, 0.6) is 0 Å². The minimum atomic E-state index is -0.894. The van der Waals surface area contributed by atoms with Crippen molar-refractivity contribution in [2.45, 2.75) is 19.0 Å². The molecule has 1 aromatic rings. The van der Waals surface area contributed by atoms with Crippen LogP contribution < -0.4 is 10.6 Å². The first kappa shape index (κ1) is 11.1. The summed E-state index contributed by atoms with van der Waals surface area (Å²) in [5.74, 6) is -0.830. The Bertz CT molecular complexity index is 416. The van der Waals surface area contributed by atoms with E-state index in [9.17, 15) is 9.59 Å². The van der Waals surface area contributed by atoms with Crippen LogP contribution in [0, 0.1) is 0 Å². The maximum atomic E-state index is 10.9. The summed E-state index contributed by atoms with van der Waals surface area (Å²) in [5.41, 5.74) is 0. The minimum Gasteiger partial charge on any atom is -0.477 e. The van der Waals surface area contributed by atoms with Gasteiger partial charge in [0.2, 0.25) is 5.91 Å². The van der Waals surface area contributed by atoms with Gasteiger partial charge < -0.3 is 15.7 Å². The summed E-state index contributed by atoms with van der Waals surface area (Å²) in [7, 11) is 0. The number of amides is 1. The molecule has 16 heavy (non-hydrogen) atoms. The van der Waals surface area contributed by atoms with Crippen LogP contribution in [0.4, 0.5) is 0 Å². The Labute approximate surface area is 96.5 Å². The quantitative estimate of drug-likeness (QED) is 0.713.